The first kappa shape index (κ1) is 17.3. The maximum atomic E-state index is 12.1. The molecule has 0 radical (unpaired) electrons. The van der Waals surface area contributed by atoms with Crippen LogP contribution in [0.2, 0.25) is 5.02 Å². The molecule has 0 aliphatic heterocycles. The molecule has 128 valence electrons. The van der Waals surface area contributed by atoms with Gasteiger partial charge in [-0.05, 0) is 55.3 Å². The second-order valence-corrected chi connectivity index (χ2v) is 6.50. The van der Waals surface area contributed by atoms with Crippen LogP contribution in [0.15, 0.2) is 59.0 Å². The van der Waals surface area contributed by atoms with Crippen molar-refractivity contribution in [2.24, 2.45) is 0 Å². The molecule has 3 rings (SSSR count). The molecular weight excluding hydrogens is 334 g/mol. The van der Waals surface area contributed by atoms with Crippen LogP contribution in [-0.2, 0) is 11.2 Å². The van der Waals surface area contributed by atoms with Gasteiger partial charge in [-0.1, -0.05) is 35.9 Å². The minimum atomic E-state index is -0.0859. The van der Waals surface area contributed by atoms with Crippen molar-refractivity contribution in [1.29, 1.82) is 0 Å². The SMILES string of the molecule is Cc1ccc(-c2ccc(CCC(=O)Nc3ccccc3Cl)o2)cc1C. The Bertz CT molecular complexity index is 898. The molecule has 0 bridgehead atoms. The van der Waals surface area contributed by atoms with Crippen LogP contribution in [0.4, 0.5) is 5.69 Å². The molecule has 0 aliphatic rings. The maximum Gasteiger partial charge on any atom is 0.224 e. The Kier molecular flexibility index (Phi) is 5.25. The Morgan fingerprint density at radius 3 is 2.60 bits per heavy atom. The number of nitrogens with one attached hydrogen (secondary N) is 1. The number of carbonyl (C=O) groups excluding carboxylic acids is 1. The number of para-hydroxylation sites is 1. The van der Waals surface area contributed by atoms with Crippen LogP contribution in [-0.4, -0.2) is 5.91 Å². The first-order chi connectivity index (χ1) is 12.0. The first-order valence-electron chi connectivity index (χ1n) is 8.23. The van der Waals surface area contributed by atoms with E-state index in [-0.39, 0.29) is 5.91 Å². The molecule has 0 atom stereocenters. The van der Waals surface area contributed by atoms with Gasteiger partial charge in [-0.2, -0.15) is 0 Å². The summed E-state index contributed by atoms with van der Waals surface area (Å²) in [5, 5.41) is 3.35. The summed E-state index contributed by atoms with van der Waals surface area (Å²) in [6.45, 7) is 4.17. The third-order valence-corrected chi connectivity index (χ3v) is 4.53. The molecule has 2 aromatic carbocycles. The van der Waals surface area contributed by atoms with Gasteiger partial charge in [0.05, 0.1) is 10.7 Å². The molecule has 0 saturated carbocycles. The van der Waals surface area contributed by atoms with Gasteiger partial charge in [0, 0.05) is 18.4 Å². The second-order valence-electron chi connectivity index (χ2n) is 6.09. The zero-order chi connectivity index (χ0) is 17.8. The summed E-state index contributed by atoms with van der Waals surface area (Å²) in [7, 11) is 0. The van der Waals surface area contributed by atoms with Gasteiger partial charge in [0.25, 0.3) is 0 Å². The van der Waals surface area contributed by atoms with Crippen LogP contribution in [0.3, 0.4) is 0 Å². The number of furan rings is 1. The van der Waals surface area contributed by atoms with E-state index in [1.165, 1.54) is 11.1 Å². The van der Waals surface area contributed by atoms with E-state index in [0.717, 1.165) is 17.1 Å². The van der Waals surface area contributed by atoms with E-state index in [4.69, 9.17) is 16.0 Å². The van der Waals surface area contributed by atoms with Crippen molar-refractivity contribution in [2.75, 3.05) is 5.32 Å². The second kappa shape index (κ2) is 7.58. The number of halogens is 1. The van der Waals surface area contributed by atoms with Gasteiger partial charge in [-0.15, -0.1) is 0 Å². The van der Waals surface area contributed by atoms with Gasteiger partial charge in [0.2, 0.25) is 5.91 Å². The molecular formula is C21H20ClNO2. The monoisotopic (exact) mass is 353 g/mol. The number of aryl methyl sites for hydroxylation is 3. The van der Waals surface area contributed by atoms with Gasteiger partial charge in [0.1, 0.15) is 11.5 Å². The van der Waals surface area contributed by atoms with Gasteiger partial charge >= 0.3 is 0 Å². The minimum absolute atomic E-state index is 0.0859. The van der Waals surface area contributed by atoms with Gasteiger partial charge < -0.3 is 9.73 Å². The molecule has 3 nitrogen and oxygen atoms in total. The third kappa shape index (κ3) is 4.31. The molecule has 0 aliphatic carbocycles. The zero-order valence-corrected chi connectivity index (χ0v) is 15.1. The van der Waals surface area contributed by atoms with E-state index in [1.54, 1.807) is 12.1 Å². The highest BCUT2D eigenvalue weighted by molar-refractivity contribution is 6.33. The van der Waals surface area contributed by atoms with Gasteiger partial charge in [0.15, 0.2) is 0 Å². The first-order valence-corrected chi connectivity index (χ1v) is 8.61. The summed E-state index contributed by atoms with van der Waals surface area (Å²) in [6, 6.07) is 17.3. The number of amides is 1. The summed E-state index contributed by atoms with van der Waals surface area (Å²) in [5.74, 6) is 1.53. The minimum Gasteiger partial charge on any atom is -0.461 e. The molecule has 4 heteroatoms. The van der Waals surface area contributed by atoms with Crippen LogP contribution in [0.25, 0.3) is 11.3 Å². The summed E-state index contributed by atoms with van der Waals surface area (Å²) in [6.07, 6.45) is 0.881. The lowest BCUT2D eigenvalue weighted by molar-refractivity contribution is -0.116. The van der Waals surface area contributed by atoms with Gasteiger partial charge in [-0.3, -0.25) is 4.79 Å². The molecule has 0 saturated heterocycles. The van der Waals surface area contributed by atoms with Crippen LogP contribution in [0.5, 0.6) is 0 Å². The largest absolute Gasteiger partial charge is 0.461 e. The molecule has 0 spiro atoms. The maximum absolute atomic E-state index is 12.1. The molecule has 3 aromatic rings. The van der Waals surface area contributed by atoms with Crippen molar-refractivity contribution in [3.63, 3.8) is 0 Å². The topological polar surface area (TPSA) is 42.2 Å². The van der Waals surface area contributed by atoms with E-state index < -0.39 is 0 Å². The number of benzene rings is 2. The van der Waals surface area contributed by atoms with E-state index in [2.05, 4.69) is 37.4 Å². The highest BCUT2D eigenvalue weighted by Gasteiger charge is 2.09. The number of hydrogen-bond donors (Lipinski definition) is 1. The Balaban J connectivity index is 1.61. The fraction of sp³-hybridized carbons (Fsp3) is 0.190. The average molecular weight is 354 g/mol. The number of rotatable bonds is 5. The summed E-state index contributed by atoms with van der Waals surface area (Å²) < 4.78 is 5.88. The van der Waals surface area contributed by atoms with Crippen molar-refractivity contribution in [2.45, 2.75) is 26.7 Å². The highest BCUT2D eigenvalue weighted by Crippen LogP contribution is 2.25. The Hall–Kier alpha value is -2.52. The average Bonchev–Trinajstić information content (AvgIpc) is 3.07. The third-order valence-electron chi connectivity index (χ3n) is 4.20. The normalized spacial score (nSPS) is 10.7. The Morgan fingerprint density at radius 1 is 1.04 bits per heavy atom. The number of carbonyl (C=O) groups is 1. The van der Waals surface area contributed by atoms with Crippen molar-refractivity contribution < 1.29 is 9.21 Å². The van der Waals surface area contributed by atoms with Crippen LogP contribution in [0, 0.1) is 13.8 Å². The summed E-state index contributed by atoms with van der Waals surface area (Å²) in [4.78, 5) is 12.1. The van der Waals surface area contributed by atoms with Crippen LogP contribution in [0.1, 0.15) is 23.3 Å². The van der Waals surface area contributed by atoms with Gasteiger partial charge in [-0.25, -0.2) is 0 Å². The van der Waals surface area contributed by atoms with E-state index >= 15 is 0 Å². The van der Waals surface area contributed by atoms with Crippen molar-refractivity contribution in [1.82, 2.24) is 0 Å². The molecule has 0 unspecified atom stereocenters. The smallest absolute Gasteiger partial charge is 0.224 e. The molecule has 0 fully saturated rings. The Labute approximate surface area is 152 Å². The van der Waals surface area contributed by atoms with Crippen molar-refractivity contribution in [3.05, 3.63) is 76.5 Å². The number of anilines is 1. The quantitative estimate of drug-likeness (QED) is 0.631. The molecule has 25 heavy (non-hydrogen) atoms. The summed E-state index contributed by atoms with van der Waals surface area (Å²) in [5.41, 5.74) is 4.17. The standard InChI is InChI=1S/C21H20ClNO2/c1-14-7-8-16(13-15(14)2)20-11-9-17(25-20)10-12-21(24)23-19-6-4-3-5-18(19)22/h3-9,11,13H,10,12H2,1-2H3,(H,23,24). The molecule has 1 aromatic heterocycles. The number of hydrogen-bond acceptors (Lipinski definition) is 2. The lowest BCUT2D eigenvalue weighted by Crippen LogP contribution is -2.12. The molecule has 1 amide bonds. The fourth-order valence-corrected chi connectivity index (χ4v) is 2.76. The van der Waals surface area contributed by atoms with E-state index in [1.807, 2.05) is 24.3 Å². The van der Waals surface area contributed by atoms with E-state index in [0.29, 0.717) is 23.6 Å². The van der Waals surface area contributed by atoms with Crippen molar-refractivity contribution in [3.8, 4) is 11.3 Å². The fourth-order valence-electron chi connectivity index (χ4n) is 2.57. The lowest BCUT2D eigenvalue weighted by Gasteiger charge is -2.06. The molecule has 1 N–H and O–H groups in total. The van der Waals surface area contributed by atoms with Crippen molar-refractivity contribution >= 4 is 23.2 Å². The summed E-state index contributed by atoms with van der Waals surface area (Å²) >= 11 is 6.05. The van der Waals surface area contributed by atoms with E-state index in [9.17, 15) is 4.79 Å². The zero-order valence-electron chi connectivity index (χ0n) is 14.3. The predicted octanol–water partition coefficient (Wildman–Crippen LogP) is 5.79. The molecule has 1 heterocycles. The lowest BCUT2D eigenvalue weighted by atomic mass is 10.1. The highest BCUT2D eigenvalue weighted by atomic mass is 35.5. The predicted molar refractivity (Wildman–Crippen MR) is 102 cm³/mol. The van der Waals surface area contributed by atoms with Crippen LogP contribution >= 0.6 is 11.6 Å². The Morgan fingerprint density at radius 2 is 1.84 bits per heavy atom. The van der Waals surface area contributed by atoms with Crippen LogP contribution < -0.4 is 5.32 Å².